The summed E-state index contributed by atoms with van der Waals surface area (Å²) in [7, 11) is 0. The van der Waals surface area contributed by atoms with Gasteiger partial charge in [-0.3, -0.25) is 0 Å². The molecule has 0 aromatic rings. The fourth-order valence-electron chi connectivity index (χ4n) is 1.62. The monoisotopic (exact) mass is 144 g/mol. The third-order valence-corrected chi connectivity index (χ3v) is 2.75. The molecule has 0 bridgehead atoms. The summed E-state index contributed by atoms with van der Waals surface area (Å²) in [5.74, 6) is 0.919. The molecule has 1 atom stereocenters. The van der Waals surface area contributed by atoms with Crippen LogP contribution < -0.4 is 0 Å². The molecule has 0 aromatic carbocycles. The Morgan fingerprint density at radius 1 is 1.22 bits per heavy atom. The number of thiol groups is 1. The molecule has 1 fully saturated rings. The summed E-state index contributed by atoms with van der Waals surface area (Å²) in [5.41, 5.74) is 0. The van der Waals surface area contributed by atoms with Gasteiger partial charge in [-0.2, -0.15) is 12.6 Å². The van der Waals surface area contributed by atoms with Crippen LogP contribution in [0.15, 0.2) is 0 Å². The van der Waals surface area contributed by atoms with E-state index in [0.717, 1.165) is 5.92 Å². The summed E-state index contributed by atoms with van der Waals surface area (Å²) in [6.07, 6.45) is 7.18. The minimum absolute atomic E-state index is 0.630. The van der Waals surface area contributed by atoms with Gasteiger partial charge in [-0.15, -0.1) is 0 Å². The van der Waals surface area contributed by atoms with Crippen molar-refractivity contribution in [1.29, 1.82) is 0 Å². The lowest BCUT2D eigenvalue weighted by atomic mass is 9.87. The third-order valence-electron chi connectivity index (χ3n) is 2.33. The number of rotatable bonds is 1. The summed E-state index contributed by atoms with van der Waals surface area (Å²) in [4.78, 5) is 0. The molecule has 1 rings (SSSR count). The number of hydrogen-bond acceptors (Lipinski definition) is 1. The molecule has 1 unspecified atom stereocenters. The van der Waals surface area contributed by atoms with Gasteiger partial charge in [0.2, 0.25) is 0 Å². The summed E-state index contributed by atoms with van der Waals surface area (Å²) in [6, 6.07) is 0. The van der Waals surface area contributed by atoms with Gasteiger partial charge in [-0.25, -0.2) is 0 Å². The SMILES string of the molecule is CC(S)C1CCCCC1. The highest BCUT2D eigenvalue weighted by molar-refractivity contribution is 7.80. The van der Waals surface area contributed by atoms with Crippen LogP contribution in [0, 0.1) is 5.92 Å². The molecule has 0 radical (unpaired) electrons. The lowest BCUT2D eigenvalue weighted by Crippen LogP contribution is -2.14. The van der Waals surface area contributed by atoms with Crippen molar-refractivity contribution in [2.24, 2.45) is 5.92 Å². The van der Waals surface area contributed by atoms with Gasteiger partial charge < -0.3 is 0 Å². The van der Waals surface area contributed by atoms with E-state index in [-0.39, 0.29) is 0 Å². The van der Waals surface area contributed by atoms with E-state index in [1.165, 1.54) is 32.1 Å². The highest BCUT2D eigenvalue weighted by Crippen LogP contribution is 2.28. The van der Waals surface area contributed by atoms with Gasteiger partial charge in [0, 0.05) is 5.25 Å². The summed E-state index contributed by atoms with van der Waals surface area (Å²) in [5, 5.41) is 0.630. The molecule has 0 saturated heterocycles. The second-order valence-corrected chi connectivity index (χ2v) is 3.95. The highest BCUT2D eigenvalue weighted by atomic mass is 32.1. The van der Waals surface area contributed by atoms with E-state index < -0.39 is 0 Å². The molecule has 0 amide bonds. The Hall–Kier alpha value is 0.350. The predicted octanol–water partition coefficient (Wildman–Crippen LogP) is 2.89. The fraction of sp³-hybridized carbons (Fsp3) is 1.00. The van der Waals surface area contributed by atoms with Crippen LogP contribution >= 0.6 is 12.6 Å². The van der Waals surface area contributed by atoms with Crippen LogP contribution in [0.5, 0.6) is 0 Å². The zero-order valence-corrected chi connectivity index (χ0v) is 7.03. The smallest absolute Gasteiger partial charge is 0.00167 e. The van der Waals surface area contributed by atoms with Crippen molar-refractivity contribution in [2.75, 3.05) is 0 Å². The molecule has 1 aliphatic rings. The molecule has 0 spiro atoms. The molecule has 1 aliphatic carbocycles. The first-order valence-electron chi connectivity index (χ1n) is 3.99. The van der Waals surface area contributed by atoms with Crippen LogP contribution in [0.25, 0.3) is 0 Å². The van der Waals surface area contributed by atoms with Gasteiger partial charge in [0.1, 0.15) is 0 Å². The fourth-order valence-corrected chi connectivity index (χ4v) is 1.91. The van der Waals surface area contributed by atoms with E-state index in [2.05, 4.69) is 19.6 Å². The minimum atomic E-state index is 0.630. The van der Waals surface area contributed by atoms with Crippen molar-refractivity contribution in [3.05, 3.63) is 0 Å². The molecule has 9 heavy (non-hydrogen) atoms. The molecule has 0 N–H and O–H groups in total. The molecule has 0 heterocycles. The van der Waals surface area contributed by atoms with Crippen LogP contribution in [0.1, 0.15) is 39.0 Å². The molecular weight excluding hydrogens is 128 g/mol. The second-order valence-electron chi connectivity index (χ2n) is 3.14. The zero-order valence-electron chi connectivity index (χ0n) is 6.14. The molecule has 0 nitrogen and oxygen atoms in total. The average Bonchev–Trinajstić information content (AvgIpc) is 1.90. The second kappa shape index (κ2) is 3.50. The first-order valence-corrected chi connectivity index (χ1v) is 4.50. The molecule has 54 valence electrons. The summed E-state index contributed by atoms with van der Waals surface area (Å²) >= 11 is 4.44. The van der Waals surface area contributed by atoms with Crippen LogP contribution in [0.3, 0.4) is 0 Å². The van der Waals surface area contributed by atoms with Crippen LogP contribution in [-0.4, -0.2) is 5.25 Å². The highest BCUT2D eigenvalue weighted by Gasteiger charge is 2.16. The summed E-state index contributed by atoms with van der Waals surface area (Å²) in [6.45, 7) is 2.22. The van der Waals surface area contributed by atoms with Crippen molar-refractivity contribution in [1.82, 2.24) is 0 Å². The van der Waals surface area contributed by atoms with E-state index in [4.69, 9.17) is 0 Å². The van der Waals surface area contributed by atoms with Crippen molar-refractivity contribution in [3.8, 4) is 0 Å². The van der Waals surface area contributed by atoms with Crippen LogP contribution in [-0.2, 0) is 0 Å². The predicted molar refractivity (Wildman–Crippen MR) is 45.0 cm³/mol. The Balaban J connectivity index is 2.23. The zero-order chi connectivity index (χ0) is 6.69. The molecular formula is C8H16S. The number of hydrogen-bond donors (Lipinski definition) is 1. The lowest BCUT2D eigenvalue weighted by molar-refractivity contribution is 0.358. The van der Waals surface area contributed by atoms with Crippen molar-refractivity contribution < 1.29 is 0 Å². The van der Waals surface area contributed by atoms with E-state index in [1.807, 2.05) is 0 Å². The van der Waals surface area contributed by atoms with Crippen LogP contribution in [0.4, 0.5) is 0 Å². The van der Waals surface area contributed by atoms with Crippen LogP contribution in [0.2, 0.25) is 0 Å². The van der Waals surface area contributed by atoms with E-state index in [9.17, 15) is 0 Å². The largest absolute Gasteiger partial charge is 0.176 e. The van der Waals surface area contributed by atoms with Gasteiger partial charge in [0.25, 0.3) is 0 Å². The molecule has 1 heteroatoms. The Bertz CT molecular complexity index is 72.6. The quantitative estimate of drug-likeness (QED) is 0.537. The maximum absolute atomic E-state index is 4.44. The van der Waals surface area contributed by atoms with Crippen molar-refractivity contribution >= 4 is 12.6 Å². The van der Waals surface area contributed by atoms with E-state index in [0.29, 0.717) is 5.25 Å². The van der Waals surface area contributed by atoms with Crippen molar-refractivity contribution in [2.45, 2.75) is 44.3 Å². The molecule has 1 saturated carbocycles. The maximum atomic E-state index is 4.44. The van der Waals surface area contributed by atoms with Gasteiger partial charge in [-0.05, 0) is 18.8 Å². The van der Waals surface area contributed by atoms with Gasteiger partial charge in [0.15, 0.2) is 0 Å². The average molecular weight is 144 g/mol. The van der Waals surface area contributed by atoms with E-state index in [1.54, 1.807) is 0 Å². The minimum Gasteiger partial charge on any atom is -0.176 e. The topological polar surface area (TPSA) is 0 Å². The first kappa shape index (κ1) is 7.46. The lowest BCUT2D eigenvalue weighted by Gasteiger charge is -2.23. The van der Waals surface area contributed by atoms with Gasteiger partial charge >= 0.3 is 0 Å². The molecule has 0 aliphatic heterocycles. The van der Waals surface area contributed by atoms with Gasteiger partial charge in [-0.1, -0.05) is 26.2 Å². The van der Waals surface area contributed by atoms with E-state index >= 15 is 0 Å². The normalized spacial score (nSPS) is 26.0. The Morgan fingerprint density at radius 3 is 2.11 bits per heavy atom. The maximum Gasteiger partial charge on any atom is 0.00167 e. The first-order chi connectivity index (χ1) is 4.30. The Morgan fingerprint density at radius 2 is 1.78 bits per heavy atom. The van der Waals surface area contributed by atoms with Crippen molar-refractivity contribution in [3.63, 3.8) is 0 Å². The third kappa shape index (κ3) is 2.21. The standard InChI is InChI=1S/C8H16S/c1-7(9)8-5-3-2-4-6-8/h7-9H,2-6H2,1H3. The van der Waals surface area contributed by atoms with Gasteiger partial charge in [0.05, 0.1) is 0 Å². The molecule has 0 aromatic heterocycles. The Kier molecular flexibility index (Phi) is 2.90. The summed E-state index contributed by atoms with van der Waals surface area (Å²) < 4.78 is 0. The Labute approximate surface area is 63.4 Å².